The van der Waals surface area contributed by atoms with Crippen LogP contribution < -0.4 is 5.32 Å². The molecule has 5 nitrogen and oxygen atoms in total. The van der Waals surface area contributed by atoms with Gasteiger partial charge in [-0.1, -0.05) is 17.7 Å². The zero-order chi connectivity index (χ0) is 18.1. The van der Waals surface area contributed by atoms with Crippen molar-refractivity contribution in [1.82, 2.24) is 10.3 Å². The van der Waals surface area contributed by atoms with Crippen LogP contribution in [0.4, 0.5) is 8.78 Å². The van der Waals surface area contributed by atoms with Crippen molar-refractivity contribution in [3.8, 4) is 0 Å². The highest BCUT2D eigenvalue weighted by Gasteiger charge is 2.33. The molecule has 1 aliphatic heterocycles. The fraction of sp³-hybridized carbons (Fsp3) is 0.188. The highest BCUT2D eigenvalue weighted by molar-refractivity contribution is 7.11. The molecule has 1 atom stereocenters. The summed E-state index contributed by atoms with van der Waals surface area (Å²) in [5, 5.41) is 4.93. The van der Waals surface area contributed by atoms with Crippen molar-refractivity contribution in [3.63, 3.8) is 0 Å². The quantitative estimate of drug-likeness (QED) is 0.649. The fourth-order valence-corrected chi connectivity index (χ4v) is 3.32. The Hall–Kier alpha value is -2.32. The second-order valence-corrected chi connectivity index (χ2v) is 6.41. The van der Waals surface area contributed by atoms with Crippen molar-refractivity contribution in [2.45, 2.75) is 13.0 Å². The topological polar surface area (TPSA) is 63.6 Å². The molecule has 1 unspecified atom stereocenters. The number of carbonyl (C=O) groups is 1. The maximum absolute atomic E-state index is 13.9. The van der Waals surface area contributed by atoms with Crippen LogP contribution in [0.5, 0.6) is 0 Å². The van der Waals surface area contributed by atoms with Gasteiger partial charge in [0.1, 0.15) is 6.04 Å². The Morgan fingerprint density at radius 3 is 2.80 bits per heavy atom. The number of hydrogen-bond acceptors (Lipinski definition) is 6. The van der Waals surface area contributed by atoms with Crippen LogP contribution >= 0.6 is 22.9 Å². The second-order valence-electron chi connectivity index (χ2n) is 5.14. The summed E-state index contributed by atoms with van der Waals surface area (Å²) < 4.78 is 32.1. The molecule has 0 bridgehead atoms. The van der Waals surface area contributed by atoms with Crippen molar-refractivity contribution in [1.29, 1.82) is 0 Å². The van der Waals surface area contributed by atoms with E-state index in [9.17, 15) is 13.6 Å². The lowest BCUT2D eigenvalue weighted by Gasteiger charge is -2.25. The van der Waals surface area contributed by atoms with Gasteiger partial charge in [0.2, 0.25) is 0 Å². The van der Waals surface area contributed by atoms with Crippen molar-refractivity contribution in [3.05, 3.63) is 62.2 Å². The normalized spacial score (nSPS) is 17.2. The molecule has 130 valence electrons. The minimum absolute atomic E-state index is 0.163. The van der Waals surface area contributed by atoms with E-state index in [0.717, 1.165) is 6.07 Å². The number of amidine groups is 1. The van der Waals surface area contributed by atoms with Gasteiger partial charge in [-0.15, -0.1) is 11.3 Å². The first kappa shape index (κ1) is 17.5. The molecule has 0 aliphatic carbocycles. The Morgan fingerprint density at radius 2 is 2.16 bits per heavy atom. The van der Waals surface area contributed by atoms with Gasteiger partial charge in [-0.05, 0) is 13.0 Å². The Morgan fingerprint density at radius 1 is 1.40 bits per heavy atom. The van der Waals surface area contributed by atoms with Crippen LogP contribution in [0.25, 0.3) is 0 Å². The first-order valence-corrected chi connectivity index (χ1v) is 8.37. The van der Waals surface area contributed by atoms with Gasteiger partial charge >= 0.3 is 5.97 Å². The van der Waals surface area contributed by atoms with E-state index in [4.69, 9.17) is 16.3 Å². The van der Waals surface area contributed by atoms with Crippen LogP contribution in [0.2, 0.25) is 5.02 Å². The number of carbonyl (C=O) groups excluding carboxylic acids is 1. The van der Waals surface area contributed by atoms with E-state index in [1.54, 1.807) is 18.5 Å². The van der Waals surface area contributed by atoms with Gasteiger partial charge in [0.25, 0.3) is 0 Å². The van der Waals surface area contributed by atoms with Crippen LogP contribution in [-0.2, 0) is 9.53 Å². The number of nitrogens with one attached hydrogen (secondary N) is 1. The van der Waals surface area contributed by atoms with E-state index in [-0.39, 0.29) is 11.1 Å². The predicted molar refractivity (Wildman–Crippen MR) is 90.6 cm³/mol. The molecule has 2 heterocycles. The van der Waals surface area contributed by atoms with Gasteiger partial charge in [0.05, 0.1) is 17.7 Å². The number of rotatable bonds is 3. The Bertz CT molecular complexity index is 897. The summed E-state index contributed by atoms with van der Waals surface area (Å²) in [6.45, 7) is 1.66. The van der Waals surface area contributed by atoms with E-state index in [0.29, 0.717) is 16.5 Å². The molecule has 0 radical (unpaired) electrons. The Kier molecular flexibility index (Phi) is 4.82. The number of esters is 1. The molecule has 1 aromatic carbocycles. The maximum atomic E-state index is 13.9. The lowest BCUT2D eigenvalue weighted by Crippen LogP contribution is -2.32. The van der Waals surface area contributed by atoms with Crippen LogP contribution in [0.3, 0.4) is 0 Å². The number of methoxy groups -OCH3 is 1. The monoisotopic (exact) mass is 383 g/mol. The SMILES string of the molecule is COC(=O)C1=C(C)NC(c2nccs2)=NC1c1ccc(F)c(F)c1Cl. The first-order valence-electron chi connectivity index (χ1n) is 7.11. The number of benzene rings is 1. The highest BCUT2D eigenvalue weighted by atomic mass is 35.5. The van der Waals surface area contributed by atoms with Crippen LogP contribution in [0, 0.1) is 11.6 Å². The maximum Gasteiger partial charge on any atom is 0.338 e. The lowest BCUT2D eigenvalue weighted by atomic mass is 9.95. The summed E-state index contributed by atoms with van der Waals surface area (Å²) in [4.78, 5) is 20.8. The summed E-state index contributed by atoms with van der Waals surface area (Å²) in [5.74, 6) is -2.50. The molecule has 1 N–H and O–H groups in total. The standard InChI is InChI=1S/C16H12ClF2N3O2S/c1-7-10(16(23)24-2)13(8-3-4-9(18)12(19)11(8)17)22-14(21-7)15-20-5-6-25-15/h3-6,13H,1-2H3,(H,21,22). The second kappa shape index (κ2) is 6.89. The molecule has 25 heavy (non-hydrogen) atoms. The van der Waals surface area contributed by atoms with Crippen molar-refractivity contribution >= 4 is 34.7 Å². The minimum atomic E-state index is -1.19. The number of aromatic nitrogens is 1. The molecular formula is C16H12ClF2N3O2S. The van der Waals surface area contributed by atoms with Gasteiger partial charge < -0.3 is 10.1 Å². The molecule has 0 saturated carbocycles. The van der Waals surface area contributed by atoms with Gasteiger partial charge in [0, 0.05) is 22.8 Å². The summed E-state index contributed by atoms with van der Waals surface area (Å²) in [7, 11) is 1.23. The van der Waals surface area contributed by atoms with Crippen LogP contribution in [0.1, 0.15) is 23.5 Å². The average molecular weight is 384 g/mol. The number of nitrogens with zero attached hydrogens (tertiary/aromatic N) is 2. The van der Waals surface area contributed by atoms with E-state index in [1.165, 1.54) is 24.5 Å². The molecule has 3 rings (SSSR count). The number of allylic oxidation sites excluding steroid dienone is 1. The van der Waals surface area contributed by atoms with Crippen molar-refractivity contribution in [2.24, 2.45) is 4.99 Å². The van der Waals surface area contributed by atoms with Gasteiger partial charge in [0.15, 0.2) is 22.5 Å². The molecule has 1 aromatic heterocycles. The summed E-state index contributed by atoms with van der Waals surface area (Å²) in [6, 6.07) is 1.30. The van der Waals surface area contributed by atoms with E-state index in [1.807, 2.05) is 0 Å². The van der Waals surface area contributed by atoms with Crippen molar-refractivity contribution < 1.29 is 18.3 Å². The third-order valence-electron chi connectivity index (χ3n) is 3.64. The summed E-state index contributed by atoms with van der Waals surface area (Å²) in [6.07, 6.45) is 1.61. The highest BCUT2D eigenvalue weighted by Crippen LogP contribution is 2.37. The van der Waals surface area contributed by atoms with Gasteiger partial charge in [-0.2, -0.15) is 0 Å². The third kappa shape index (κ3) is 3.14. The van der Waals surface area contributed by atoms with Crippen LogP contribution in [-0.4, -0.2) is 23.9 Å². The molecule has 0 spiro atoms. The molecule has 2 aromatic rings. The predicted octanol–water partition coefficient (Wildman–Crippen LogP) is 3.61. The van der Waals surface area contributed by atoms with Crippen molar-refractivity contribution in [2.75, 3.05) is 7.11 Å². The number of thiazole rings is 1. The Balaban J connectivity index is 2.18. The van der Waals surface area contributed by atoms with Crippen LogP contribution in [0.15, 0.2) is 40.0 Å². The molecule has 0 saturated heterocycles. The largest absolute Gasteiger partial charge is 0.466 e. The number of halogens is 3. The fourth-order valence-electron chi connectivity index (χ4n) is 2.48. The van der Waals surface area contributed by atoms with E-state index >= 15 is 0 Å². The lowest BCUT2D eigenvalue weighted by molar-refractivity contribution is -0.136. The molecule has 0 fully saturated rings. The Labute approximate surface area is 151 Å². The number of hydrogen-bond donors (Lipinski definition) is 1. The average Bonchev–Trinajstić information content (AvgIpc) is 3.13. The van der Waals surface area contributed by atoms with Gasteiger partial charge in [-0.3, -0.25) is 4.99 Å². The van der Waals surface area contributed by atoms with E-state index in [2.05, 4.69) is 15.3 Å². The first-order chi connectivity index (χ1) is 11.9. The third-order valence-corrected chi connectivity index (χ3v) is 4.81. The molecule has 0 amide bonds. The number of ether oxygens (including phenoxy) is 1. The molecular weight excluding hydrogens is 372 g/mol. The van der Waals surface area contributed by atoms with E-state index < -0.39 is 28.7 Å². The molecule has 1 aliphatic rings. The van der Waals surface area contributed by atoms with Gasteiger partial charge in [-0.25, -0.2) is 18.6 Å². The summed E-state index contributed by atoms with van der Waals surface area (Å²) >= 11 is 7.32. The molecule has 9 heteroatoms. The zero-order valence-electron chi connectivity index (χ0n) is 13.1. The minimum Gasteiger partial charge on any atom is -0.466 e. The summed E-state index contributed by atoms with van der Waals surface area (Å²) in [5.41, 5.74) is 0.796. The number of aliphatic imine (C=N–C) groups is 1. The smallest absolute Gasteiger partial charge is 0.338 e. The zero-order valence-corrected chi connectivity index (χ0v) is 14.7.